The maximum atomic E-state index is 13.1. The second-order valence-corrected chi connectivity index (χ2v) is 9.18. The van der Waals surface area contributed by atoms with Gasteiger partial charge in [-0.1, -0.05) is 26.8 Å². The van der Waals surface area contributed by atoms with Gasteiger partial charge >= 0.3 is 0 Å². The average molecular weight is 462 g/mol. The molecule has 0 aliphatic rings. The molecule has 4 heterocycles. The number of carbonyl (C=O) groups is 1. The van der Waals surface area contributed by atoms with E-state index in [1.807, 2.05) is 35.8 Å². The van der Waals surface area contributed by atoms with Crippen LogP contribution in [0.4, 0.5) is 0 Å². The lowest BCUT2D eigenvalue weighted by Crippen LogP contribution is -2.33. The second kappa shape index (κ2) is 10.4. The molecule has 0 N–H and O–H groups in total. The Labute approximate surface area is 199 Å². The van der Waals surface area contributed by atoms with Crippen LogP contribution in [0.1, 0.15) is 56.6 Å². The van der Waals surface area contributed by atoms with E-state index in [4.69, 9.17) is 9.97 Å². The maximum Gasteiger partial charge on any atom is 0.165 e. The topological polar surface area (TPSA) is 63.4 Å². The molecule has 0 amide bonds. The third kappa shape index (κ3) is 5.04. The van der Waals surface area contributed by atoms with Crippen LogP contribution in [0.5, 0.6) is 0 Å². The average Bonchev–Trinajstić information content (AvgIpc) is 3.52. The van der Waals surface area contributed by atoms with Crippen LogP contribution in [-0.4, -0.2) is 49.4 Å². The maximum absolute atomic E-state index is 13.1. The van der Waals surface area contributed by atoms with Crippen molar-refractivity contribution < 1.29 is 4.79 Å². The lowest BCUT2D eigenvalue weighted by molar-refractivity contribution is 0.0964. The van der Waals surface area contributed by atoms with Crippen molar-refractivity contribution >= 4 is 22.8 Å². The number of carbonyl (C=O) groups excluding carboxylic acids is 1. The van der Waals surface area contributed by atoms with Gasteiger partial charge in [0, 0.05) is 29.9 Å². The summed E-state index contributed by atoms with van der Waals surface area (Å²) in [6.45, 7) is 10.6. The number of ketones is 1. The Balaban J connectivity index is 1.65. The summed E-state index contributed by atoms with van der Waals surface area (Å²) >= 11 is 1.66. The van der Waals surface area contributed by atoms with Crippen molar-refractivity contribution in [3.63, 3.8) is 0 Å². The molecule has 4 aromatic rings. The largest absolute Gasteiger partial charge is 0.301 e. The Bertz CT molecular complexity index is 1230. The molecule has 6 nitrogen and oxygen atoms in total. The molecule has 0 saturated carbocycles. The first kappa shape index (κ1) is 23.3. The number of rotatable bonds is 10. The van der Waals surface area contributed by atoms with Gasteiger partial charge in [0.05, 0.1) is 28.0 Å². The van der Waals surface area contributed by atoms with Crippen molar-refractivity contribution in [3.8, 4) is 21.8 Å². The Morgan fingerprint density at radius 3 is 2.64 bits per heavy atom. The monoisotopic (exact) mass is 461 g/mol. The molecule has 33 heavy (non-hydrogen) atoms. The summed E-state index contributed by atoms with van der Waals surface area (Å²) in [6.07, 6.45) is 5.85. The zero-order valence-electron chi connectivity index (χ0n) is 19.8. The highest BCUT2D eigenvalue weighted by Crippen LogP contribution is 2.28. The molecule has 0 bridgehead atoms. The lowest BCUT2D eigenvalue weighted by atomic mass is 10.0. The number of hydrogen-bond donors (Lipinski definition) is 0. The molecule has 1 atom stereocenters. The van der Waals surface area contributed by atoms with E-state index in [0.29, 0.717) is 12.5 Å². The van der Waals surface area contributed by atoms with Crippen LogP contribution in [0.15, 0.2) is 48.1 Å². The fourth-order valence-electron chi connectivity index (χ4n) is 4.19. The Morgan fingerprint density at radius 2 is 1.94 bits per heavy atom. The van der Waals surface area contributed by atoms with Crippen LogP contribution in [0.3, 0.4) is 0 Å². The summed E-state index contributed by atoms with van der Waals surface area (Å²) in [6, 6.07) is 10.3. The first-order valence-electron chi connectivity index (χ1n) is 11.7. The minimum Gasteiger partial charge on any atom is -0.301 e. The number of Topliss-reactive ketones (excluding diaryl/α,β-unsaturated/α-hetero) is 1. The molecule has 0 aromatic carbocycles. The quantitative estimate of drug-likeness (QED) is 0.280. The molecular formula is C26H31N5OS. The molecule has 0 spiro atoms. The summed E-state index contributed by atoms with van der Waals surface area (Å²) in [5.41, 5.74) is 4.87. The normalized spacial score (nSPS) is 12.5. The molecule has 172 valence electrons. The van der Waals surface area contributed by atoms with Gasteiger partial charge in [-0.05, 0) is 62.5 Å². The van der Waals surface area contributed by atoms with Crippen molar-refractivity contribution in [3.05, 3.63) is 59.4 Å². The highest BCUT2D eigenvalue weighted by atomic mass is 32.1. The van der Waals surface area contributed by atoms with Gasteiger partial charge in [-0.25, -0.2) is 9.50 Å². The Morgan fingerprint density at radius 1 is 1.12 bits per heavy atom. The number of aromatic nitrogens is 4. The van der Waals surface area contributed by atoms with Gasteiger partial charge in [-0.15, -0.1) is 11.3 Å². The number of hydrogen-bond acceptors (Lipinski definition) is 6. The fourth-order valence-corrected chi connectivity index (χ4v) is 4.89. The molecule has 0 saturated heterocycles. The van der Waals surface area contributed by atoms with Gasteiger partial charge in [0.15, 0.2) is 11.4 Å². The van der Waals surface area contributed by atoms with E-state index in [1.54, 1.807) is 22.0 Å². The van der Waals surface area contributed by atoms with E-state index in [9.17, 15) is 4.79 Å². The van der Waals surface area contributed by atoms with E-state index in [-0.39, 0.29) is 5.78 Å². The molecule has 0 unspecified atom stereocenters. The zero-order valence-corrected chi connectivity index (χ0v) is 20.6. The predicted molar refractivity (Wildman–Crippen MR) is 135 cm³/mol. The Hall–Kier alpha value is -2.90. The first-order chi connectivity index (χ1) is 16.0. The van der Waals surface area contributed by atoms with Crippen molar-refractivity contribution in [2.75, 3.05) is 13.1 Å². The van der Waals surface area contributed by atoms with Gasteiger partial charge in [0.25, 0.3) is 0 Å². The molecule has 0 aliphatic carbocycles. The van der Waals surface area contributed by atoms with Crippen LogP contribution in [0.25, 0.3) is 27.5 Å². The van der Waals surface area contributed by atoms with Crippen molar-refractivity contribution in [1.82, 2.24) is 24.5 Å². The number of fused-ring (bicyclic) bond motifs is 1. The number of nitrogens with zero attached hydrogens (tertiary/aromatic N) is 5. The summed E-state index contributed by atoms with van der Waals surface area (Å²) in [7, 11) is 0. The second-order valence-electron chi connectivity index (χ2n) is 8.23. The Kier molecular flexibility index (Phi) is 7.30. The predicted octanol–water partition coefficient (Wildman–Crippen LogP) is 5.78. The summed E-state index contributed by atoms with van der Waals surface area (Å²) in [5, 5.41) is 6.52. The number of pyridine rings is 1. The SMILES string of the molecule is CCc1cc(C(=O)CC[C@H](C)N(CC)CC)cc(-c2cnn3ccc(-c4cccs4)nc23)n1. The molecule has 4 rings (SSSR count). The van der Waals surface area contributed by atoms with E-state index in [1.165, 1.54) is 0 Å². The number of thiophene rings is 1. The fraction of sp³-hybridized carbons (Fsp3) is 0.385. The van der Waals surface area contributed by atoms with Crippen molar-refractivity contribution in [2.45, 2.75) is 53.0 Å². The minimum atomic E-state index is 0.163. The van der Waals surface area contributed by atoms with Crippen LogP contribution in [0.2, 0.25) is 0 Å². The van der Waals surface area contributed by atoms with Gasteiger partial charge in [-0.3, -0.25) is 9.78 Å². The van der Waals surface area contributed by atoms with Crippen LogP contribution < -0.4 is 0 Å². The molecule has 4 aromatic heterocycles. The molecular weight excluding hydrogens is 430 g/mol. The highest BCUT2D eigenvalue weighted by Gasteiger charge is 2.17. The van der Waals surface area contributed by atoms with E-state index < -0.39 is 0 Å². The third-order valence-electron chi connectivity index (χ3n) is 6.21. The van der Waals surface area contributed by atoms with E-state index in [2.05, 4.69) is 43.8 Å². The van der Waals surface area contributed by atoms with Crippen LogP contribution >= 0.6 is 11.3 Å². The molecule has 7 heteroatoms. The van der Waals surface area contributed by atoms with Crippen molar-refractivity contribution in [2.24, 2.45) is 0 Å². The molecule has 0 fully saturated rings. The lowest BCUT2D eigenvalue weighted by Gasteiger charge is -2.26. The van der Waals surface area contributed by atoms with E-state index in [0.717, 1.165) is 64.7 Å². The number of aryl methyl sites for hydroxylation is 1. The summed E-state index contributed by atoms with van der Waals surface area (Å²) < 4.78 is 1.76. The first-order valence-corrected chi connectivity index (χ1v) is 12.6. The highest BCUT2D eigenvalue weighted by molar-refractivity contribution is 7.13. The summed E-state index contributed by atoms with van der Waals surface area (Å²) in [5.74, 6) is 0.163. The standard InChI is InChI=1S/C26H31N5OS/c1-5-20-15-19(24(32)11-10-18(4)30(6-2)7-3)16-23(28-20)21-17-27-31-13-12-22(29-26(21)31)25-9-8-14-33-25/h8-9,12-18H,5-7,10-11H2,1-4H3/t18-/m0/s1. The van der Waals surface area contributed by atoms with E-state index >= 15 is 0 Å². The summed E-state index contributed by atoms with van der Waals surface area (Å²) in [4.78, 5) is 26.3. The smallest absolute Gasteiger partial charge is 0.165 e. The zero-order chi connectivity index (χ0) is 23.4. The van der Waals surface area contributed by atoms with Gasteiger partial charge in [0.2, 0.25) is 0 Å². The molecule has 0 aliphatic heterocycles. The van der Waals surface area contributed by atoms with Crippen LogP contribution in [0, 0.1) is 0 Å². The van der Waals surface area contributed by atoms with Crippen molar-refractivity contribution in [1.29, 1.82) is 0 Å². The minimum absolute atomic E-state index is 0.163. The third-order valence-corrected chi connectivity index (χ3v) is 7.10. The van der Waals surface area contributed by atoms with Gasteiger partial charge in [-0.2, -0.15) is 5.10 Å². The van der Waals surface area contributed by atoms with Gasteiger partial charge < -0.3 is 4.90 Å². The molecule has 0 radical (unpaired) electrons. The van der Waals surface area contributed by atoms with Gasteiger partial charge in [0.1, 0.15) is 0 Å². The van der Waals surface area contributed by atoms with Crippen LogP contribution in [-0.2, 0) is 6.42 Å².